The average Bonchev–Trinajstić information content (AvgIpc) is 3.06. The third kappa shape index (κ3) is 1.71. The number of anilines is 1. The van der Waals surface area contributed by atoms with Crippen molar-refractivity contribution in [1.29, 1.82) is 0 Å². The van der Waals surface area contributed by atoms with Gasteiger partial charge in [-0.1, -0.05) is 0 Å². The molecule has 1 aromatic heterocycles. The quantitative estimate of drug-likeness (QED) is 0.859. The molecule has 2 aliphatic heterocycles. The summed E-state index contributed by atoms with van der Waals surface area (Å²) in [5.74, 6) is 4.53. The highest BCUT2D eigenvalue weighted by molar-refractivity contribution is 7.98. The molecule has 0 atom stereocenters. The summed E-state index contributed by atoms with van der Waals surface area (Å²) in [5.41, 5.74) is 9.03. The van der Waals surface area contributed by atoms with Crippen molar-refractivity contribution in [2.75, 3.05) is 12.5 Å². The number of hydrogen-bond donors (Lipinski definition) is 1. The van der Waals surface area contributed by atoms with E-state index in [9.17, 15) is 0 Å². The van der Waals surface area contributed by atoms with Crippen LogP contribution in [0.2, 0.25) is 0 Å². The number of benzene rings is 1. The molecule has 0 bridgehead atoms. The fourth-order valence-corrected chi connectivity index (χ4v) is 3.29. The second-order valence-corrected chi connectivity index (χ2v) is 5.40. The second-order valence-electron chi connectivity index (χ2n) is 4.42. The first-order valence-corrected chi connectivity index (χ1v) is 7.10. The predicted octanol–water partition coefficient (Wildman–Crippen LogP) is 2.20. The molecule has 6 heteroatoms. The van der Waals surface area contributed by atoms with E-state index in [2.05, 4.69) is 9.97 Å². The summed E-state index contributed by atoms with van der Waals surface area (Å²) in [6.45, 7) is 0.266. The minimum atomic E-state index is 0.266. The van der Waals surface area contributed by atoms with Crippen LogP contribution < -0.4 is 15.2 Å². The number of hydrogen-bond acceptors (Lipinski definition) is 6. The van der Waals surface area contributed by atoms with Gasteiger partial charge in [0.1, 0.15) is 5.82 Å². The van der Waals surface area contributed by atoms with Gasteiger partial charge in [-0.3, -0.25) is 0 Å². The first-order chi connectivity index (χ1) is 9.31. The molecule has 0 saturated heterocycles. The van der Waals surface area contributed by atoms with Crippen LogP contribution >= 0.6 is 11.8 Å². The first-order valence-electron chi connectivity index (χ1n) is 5.94. The molecule has 2 aromatic rings. The van der Waals surface area contributed by atoms with Crippen LogP contribution in [0.25, 0.3) is 11.4 Å². The minimum Gasteiger partial charge on any atom is -0.454 e. The Morgan fingerprint density at radius 1 is 1.11 bits per heavy atom. The monoisotopic (exact) mass is 273 g/mol. The van der Waals surface area contributed by atoms with Gasteiger partial charge in [0.25, 0.3) is 0 Å². The third-order valence-electron chi connectivity index (χ3n) is 3.24. The molecule has 5 nitrogen and oxygen atoms in total. The Morgan fingerprint density at radius 3 is 2.95 bits per heavy atom. The third-order valence-corrected chi connectivity index (χ3v) is 4.21. The highest BCUT2D eigenvalue weighted by Crippen LogP contribution is 2.37. The molecular formula is C13H11N3O2S. The summed E-state index contributed by atoms with van der Waals surface area (Å²) in [6, 6.07) is 5.70. The molecule has 2 N–H and O–H groups in total. The highest BCUT2D eigenvalue weighted by Gasteiger charge is 2.20. The van der Waals surface area contributed by atoms with E-state index < -0.39 is 0 Å². The highest BCUT2D eigenvalue weighted by atomic mass is 32.2. The van der Waals surface area contributed by atoms with Crippen molar-refractivity contribution in [1.82, 2.24) is 9.97 Å². The number of nitrogens with two attached hydrogens (primary N) is 1. The lowest BCUT2D eigenvalue weighted by Gasteiger charge is -2.06. The van der Waals surface area contributed by atoms with E-state index in [1.165, 1.54) is 0 Å². The molecular weight excluding hydrogens is 262 g/mol. The summed E-state index contributed by atoms with van der Waals surface area (Å²) in [6.07, 6.45) is 0. The molecule has 0 amide bonds. The van der Waals surface area contributed by atoms with E-state index in [0.717, 1.165) is 39.8 Å². The predicted molar refractivity (Wildman–Crippen MR) is 73.0 cm³/mol. The van der Waals surface area contributed by atoms with Gasteiger partial charge in [0.05, 0.1) is 5.69 Å². The molecule has 19 heavy (non-hydrogen) atoms. The molecule has 2 aliphatic rings. The van der Waals surface area contributed by atoms with Crippen LogP contribution in [0.1, 0.15) is 11.3 Å². The standard InChI is InChI=1S/C13H11N3O2S/c14-12-8-4-19-5-9(8)15-13(16-12)7-1-2-10-11(3-7)18-6-17-10/h1-3H,4-6H2,(H2,14,15,16). The Hall–Kier alpha value is -1.95. The van der Waals surface area contributed by atoms with Crippen molar-refractivity contribution in [2.24, 2.45) is 0 Å². The zero-order valence-electron chi connectivity index (χ0n) is 10.0. The van der Waals surface area contributed by atoms with Gasteiger partial charge < -0.3 is 15.2 Å². The topological polar surface area (TPSA) is 70.3 Å². The van der Waals surface area contributed by atoms with Crippen LogP contribution in [0.3, 0.4) is 0 Å². The molecule has 0 radical (unpaired) electrons. The molecule has 96 valence electrons. The Kier molecular flexibility index (Phi) is 2.32. The Balaban J connectivity index is 1.82. The lowest BCUT2D eigenvalue weighted by Crippen LogP contribution is -2.02. The van der Waals surface area contributed by atoms with Crippen molar-refractivity contribution in [2.45, 2.75) is 11.5 Å². The number of nitrogen functional groups attached to an aromatic ring is 1. The Morgan fingerprint density at radius 2 is 2.00 bits per heavy atom. The van der Waals surface area contributed by atoms with Crippen molar-refractivity contribution in [3.05, 3.63) is 29.5 Å². The van der Waals surface area contributed by atoms with Gasteiger partial charge in [-0.25, -0.2) is 9.97 Å². The van der Waals surface area contributed by atoms with Gasteiger partial charge in [0, 0.05) is 22.6 Å². The van der Waals surface area contributed by atoms with E-state index in [-0.39, 0.29) is 6.79 Å². The lowest BCUT2D eigenvalue weighted by atomic mass is 10.1. The largest absolute Gasteiger partial charge is 0.454 e. The summed E-state index contributed by atoms with van der Waals surface area (Å²) >= 11 is 1.81. The molecule has 4 rings (SSSR count). The van der Waals surface area contributed by atoms with Gasteiger partial charge in [-0.05, 0) is 18.2 Å². The van der Waals surface area contributed by atoms with Crippen LogP contribution in [0.5, 0.6) is 11.5 Å². The molecule has 0 aliphatic carbocycles. The minimum absolute atomic E-state index is 0.266. The fourth-order valence-electron chi connectivity index (χ4n) is 2.24. The van der Waals surface area contributed by atoms with Gasteiger partial charge in [0.2, 0.25) is 6.79 Å². The maximum atomic E-state index is 6.00. The van der Waals surface area contributed by atoms with Gasteiger partial charge in [-0.2, -0.15) is 11.8 Å². The van der Waals surface area contributed by atoms with E-state index in [0.29, 0.717) is 11.6 Å². The van der Waals surface area contributed by atoms with Crippen molar-refractivity contribution >= 4 is 17.6 Å². The molecule has 0 fully saturated rings. The normalized spacial score (nSPS) is 15.6. The van der Waals surface area contributed by atoms with Gasteiger partial charge in [0.15, 0.2) is 17.3 Å². The molecule has 0 unspecified atom stereocenters. The van der Waals surface area contributed by atoms with Crippen LogP contribution in [-0.2, 0) is 11.5 Å². The molecule has 0 spiro atoms. The summed E-state index contributed by atoms with van der Waals surface area (Å²) in [5, 5.41) is 0. The summed E-state index contributed by atoms with van der Waals surface area (Å²) < 4.78 is 10.7. The van der Waals surface area contributed by atoms with Crippen LogP contribution in [0.4, 0.5) is 5.82 Å². The van der Waals surface area contributed by atoms with Gasteiger partial charge >= 0.3 is 0 Å². The Bertz CT molecular complexity index is 675. The maximum Gasteiger partial charge on any atom is 0.231 e. The van der Waals surface area contributed by atoms with Crippen LogP contribution in [-0.4, -0.2) is 16.8 Å². The van der Waals surface area contributed by atoms with E-state index in [4.69, 9.17) is 15.2 Å². The number of fused-ring (bicyclic) bond motifs is 2. The molecule has 3 heterocycles. The molecule has 0 saturated carbocycles. The SMILES string of the molecule is Nc1nc(-c2ccc3c(c2)OCO3)nc2c1CSC2. The van der Waals surface area contributed by atoms with Gasteiger partial charge in [-0.15, -0.1) is 0 Å². The lowest BCUT2D eigenvalue weighted by molar-refractivity contribution is 0.174. The number of ether oxygens (including phenoxy) is 2. The van der Waals surface area contributed by atoms with Crippen molar-refractivity contribution < 1.29 is 9.47 Å². The fraction of sp³-hybridized carbons (Fsp3) is 0.231. The number of nitrogens with zero attached hydrogens (tertiary/aromatic N) is 2. The zero-order valence-corrected chi connectivity index (χ0v) is 10.9. The van der Waals surface area contributed by atoms with Crippen LogP contribution in [0, 0.1) is 0 Å². The van der Waals surface area contributed by atoms with Crippen LogP contribution in [0.15, 0.2) is 18.2 Å². The second kappa shape index (κ2) is 4.03. The smallest absolute Gasteiger partial charge is 0.231 e. The number of thioether (sulfide) groups is 1. The maximum absolute atomic E-state index is 6.00. The first kappa shape index (κ1) is 10.9. The van der Waals surface area contributed by atoms with E-state index >= 15 is 0 Å². The summed E-state index contributed by atoms with van der Waals surface area (Å²) in [4.78, 5) is 9.00. The zero-order chi connectivity index (χ0) is 12.8. The molecule has 1 aromatic carbocycles. The average molecular weight is 273 g/mol. The van der Waals surface area contributed by atoms with E-state index in [1.807, 2.05) is 30.0 Å². The van der Waals surface area contributed by atoms with Crippen molar-refractivity contribution in [3.8, 4) is 22.9 Å². The van der Waals surface area contributed by atoms with E-state index in [1.54, 1.807) is 0 Å². The van der Waals surface area contributed by atoms with Crippen molar-refractivity contribution in [3.63, 3.8) is 0 Å². The number of rotatable bonds is 1. The number of aromatic nitrogens is 2. The summed E-state index contributed by atoms with van der Waals surface area (Å²) in [7, 11) is 0. The Labute approximate surface area is 114 Å².